The SMILES string of the molecule is C=C(C)C(=O)NCc1cc(C(C)(C)CC(C)(C)C)cc(-c2c(-c3ccccc3O)ccc3n[nH]nc23)c1O. The van der Waals surface area contributed by atoms with Crippen molar-refractivity contribution in [1.82, 2.24) is 20.7 Å². The van der Waals surface area contributed by atoms with Crippen molar-refractivity contribution in [2.24, 2.45) is 5.41 Å². The minimum absolute atomic E-state index is 0.0366. The van der Waals surface area contributed by atoms with Crippen LogP contribution >= 0.6 is 0 Å². The van der Waals surface area contributed by atoms with Crippen LogP contribution in [-0.2, 0) is 16.8 Å². The molecule has 4 rings (SSSR count). The van der Waals surface area contributed by atoms with Gasteiger partial charge in [-0.3, -0.25) is 4.79 Å². The number of rotatable bonds is 7. The maximum Gasteiger partial charge on any atom is 0.246 e. The highest BCUT2D eigenvalue weighted by molar-refractivity contribution is 6.03. The summed E-state index contributed by atoms with van der Waals surface area (Å²) in [5.41, 5.74) is 5.54. The predicted molar refractivity (Wildman–Crippen MR) is 152 cm³/mol. The molecule has 1 aromatic heterocycles. The zero-order chi connectivity index (χ0) is 27.8. The fourth-order valence-electron chi connectivity index (χ4n) is 5.28. The first-order chi connectivity index (χ1) is 17.8. The highest BCUT2D eigenvalue weighted by Gasteiger charge is 2.30. The summed E-state index contributed by atoms with van der Waals surface area (Å²) in [7, 11) is 0. The van der Waals surface area contributed by atoms with Crippen molar-refractivity contribution in [3.8, 4) is 33.8 Å². The summed E-state index contributed by atoms with van der Waals surface area (Å²) in [5.74, 6) is -0.123. The van der Waals surface area contributed by atoms with Gasteiger partial charge in [0, 0.05) is 34.4 Å². The minimum atomic E-state index is -0.279. The number of hydrogen-bond donors (Lipinski definition) is 4. The van der Waals surface area contributed by atoms with Crippen LogP contribution in [0.5, 0.6) is 11.5 Å². The Labute approximate surface area is 223 Å². The fraction of sp³-hybridized carbons (Fsp3) is 0.323. The van der Waals surface area contributed by atoms with Crippen LogP contribution in [0.25, 0.3) is 33.3 Å². The third-order valence-corrected chi connectivity index (χ3v) is 6.72. The monoisotopic (exact) mass is 512 g/mol. The number of para-hydroxylation sites is 1. The van der Waals surface area contributed by atoms with Crippen molar-refractivity contribution in [1.29, 1.82) is 0 Å². The van der Waals surface area contributed by atoms with E-state index >= 15 is 0 Å². The topological polar surface area (TPSA) is 111 Å². The van der Waals surface area contributed by atoms with Gasteiger partial charge < -0.3 is 15.5 Å². The molecule has 0 bridgehead atoms. The van der Waals surface area contributed by atoms with Crippen LogP contribution in [0, 0.1) is 5.41 Å². The van der Waals surface area contributed by atoms with Gasteiger partial charge in [0.1, 0.15) is 22.5 Å². The zero-order valence-electron chi connectivity index (χ0n) is 22.9. The van der Waals surface area contributed by atoms with Gasteiger partial charge in [0.2, 0.25) is 5.91 Å². The van der Waals surface area contributed by atoms with Gasteiger partial charge in [0.15, 0.2) is 0 Å². The molecule has 7 heteroatoms. The zero-order valence-corrected chi connectivity index (χ0v) is 22.9. The van der Waals surface area contributed by atoms with Crippen molar-refractivity contribution in [3.05, 3.63) is 71.8 Å². The number of carbonyl (C=O) groups is 1. The van der Waals surface area contributed by atoms with Gasteiger partial charge in [-0.2, -0.15) is 15.4 Å². The van der Waals surface area contributed by atoms with Crippen molar-refractivity contribution in [3.63, 3.8) is 0 Å². The van der Waals surface area contributed by atoms with E-state index in [1.807, 2.05) is 36.4 Å². The first kappa shape index (κ1) is 26.9. The number of benzene rings is 3. The second-order valence-electron chi connectivity index (χ2n) is 11.8. The van der Waals surface area contributed by atoms with Crippen LogP contribution in [0.2, 0.25) is 0 Å². The number of carbonyl (C=O) groups excluding carboxylic acids is 1. The molecule has 7 nitrogen and oxygen atoms in total. The second kappa shape index (κ2) is 9.97. The van der Waals surface area contributed by atoms with Gasteiger partial charge >= 0.3 is 0 Å². The number of nitrogens with one attached hydrogen (secondary N) is 2. The molecule has 38 heavy (non-hydrogen) atoms. The first-order valence-corrected chi connectivity index (χ1v) is 12.7. The van der Waals surface area contributed by atoms with E-state index in [2.05, 4.69) is 61.9 Å². The third kappa shape index (κ3) is 5.42. The highest BCUT2D eigenvalue weighted by Crippen LogP contribution is 2.47. The lowest BCUT2D eigenvalue weighted by Gasteiger charge is -2.34. The summed E-state index contributed by atoms with van der Waals surface area (Å²) in [6, 6.07) is 14.8. The number of nitrogens with zero attached hydrogens (tertiary/aromatic N) is 2. The normalized spacial score (nSPS) is 12.1. The molecule has 0 fully saturated rings. The molecule has 198 valence electrons. The maximum absolute atomic E-state index is 12.3. The number of H-pyrrole nitrogens is 1. The standard InChI is InChI=1S/C31H36N4O3/c1-18(2)29(38)32-16-19-14-20(31(6,7)17-30(3,4)5)15-23(28(19)37)26-22(21-10-8-9-11-25(21)36)12-13-24-27(26)34-35-33-24/h8-15,36-37H,1,16-17H2,2-7H3,(H,32,38)(H,33,34,35). The summed E-state index contributed by atoms with van der Waals surface area (Å²) in [5, 5.41) is 36.6. The molecule has 0 unspecified atom stereocenters. The third-order valence-electron chi connectivity index (χ3n) is 6.72. The van der Waals surface area contributed by atoms with Gasteiger partial charge in [-0.25, -0.2) is 0 Å². The van der Waals surface area contributed by atoms with Gasteiger partial charge in [0.05, 0.1) is 0 Å². The van der Waals surface area contributed by atoms with Crippen LogP contribution < -0.4 is 5.32 Å². The number of aromatic hydroxyl groups is 2. The van der Waals surface area contributed by atoms with E-state index in [-0.39, 0.29) is 34.8 Å². The lowest BCUT2D eigenvalue weighted by Crippen LogP contribution is -2.26. The number of aromatic amines is 1. The van der Waals surface area contributed by atoms with Crippen LogP contribution in [-0.4, -0.2) is 31.5 Å². The van der Waals surface area contributed by atoms with Crippen LogP contribution in [0.1, 0.15) is 59.1 Å². The summed E-state index contributed by atoms with van der Waals surface area (Å²) in [6.45, 7) is 16.5. The van der Waals surface area contributed by atoms with Crippen LogP contribution in [0.15, 0.2) is 60.7 Å². The largest absolute Gasteiger partial charge is 0.507 e. The van der Waals surface area contributed by atoms with Crippen molar-refractivity contribution >= 4 is 16.9 Å². The summed E-state index contributed by atoms with van der Waals surface area (Å²) in [6.07, 6.45) is 0.891. The molecule has 4 aromatic rings. The Bertz CT molecular complexity index is 1530. The average Bonchev–Trinajstić information content (AvgIpc) is 3.30. The molecular weight excluding hydrogens is 476 g/mol. The quantitative estimate of drug-likeness (QED) is 0.208. The Hall–Kier alpha value is -4.13. The Morgan fingerprint density at radius 1 is 0.974 bits per heavy atom. The van der Waals surface area contributed by atoms with E-state index in [1.165, 1.54) is 0 Å². The molecule has 0 aliphatic heterocycles. The van der Waals surface area contributed by atoms with E-state index < -0.39 is 0 Å². The highest BCUT2D eigenvalue weighted by atomic mass is 16.3. The lowest BCUT2D eigenvalue weighted by atomic mass is 9.71. The molecule has 0 radical (unpaired) electrons. The summed E-state index contributed by atoms with van der Waals surface area (Å²) < 4.78 is 0. The Balaban J connectivity index is 2.02. The number of hydrogen-bond acceptors (Lipinski definition) is 5. The van der Waals surface area contributed by atoms with Crippen molar-refractivity contribution in [2.45, 2.75) is 59.9 Å². The first-order valence-electron chi connectivity index (χ1n) is 12.7. The van der Waals surface area contributed by atoms with Gasteiger partial charge in [-0.1, -0.05) is 65.5 Å². The van der Waals surface area contributed by atoms with E-state index in [9.17, 15) is 15.0 Å². The van der Waals surface area contributed by atoms with Crippen LogP contribution in [0.3, 0.4) is 0 Å². The minimum Gasteiger partial charge on any atom is -0.507 e. The molecular formula is C31H36N4O3. The van der Waals surface area contributed by atoms with Crippen molar-refractivity contribution in [2.75, 3.05) is 0 Å². The summed E-state index contributed by atoms with van der Waals surface area (Å²) >= 11 is 0. The maximum atomic E-state index is 12.3. The molecule has 3 aromatic carbocycles. The Morgan fingerprint density at radius 3 is 2.34 bits per heavy atom. The molecule has 0 aliphatic carbocycles. The molecule has 4 N–H and O–H groups in total. The predicted octanol–water partition coefficient (Wildman–Crippen LogP) is 6.61. The van der Waals surface area contributed by atoms with Gasteiger partial charge in [-0.05, 0) is 59.6 Å². The molecule has 1 heterocycles. The number of fused-ring (bicyclic) bond motifs is 1. The average molecular weight is 513 g/mol. The molecule has 0 saturated carbocycles. The number of amides is 1. The molecule has 1 amide bonds. The summed E-state index contributed by atoms with van der Waals surface area (Å²) in [4.78, 5) is 12.3. The Kier molecular flexibility index (Phi) is 7.06. The smallest absolute Gasteiger partial charge is 0.246 e. The van der Waals surface area contributed by atoms with E-state index in [4.69, 9.17) is 0 Å². The van der Waals surface area contributed by atoms with Gasteiger partial charge in [0.25, 0.3) is 0 Å². The fourth-order valence-corrected chi connectivity index (χ4v) is 5.28. The molecule has 0 atom stereocenters. The lowest BCUT2D eigenvalue weighted by molar-refractivity contribution is -0.117. The molecule has 0 aliphatic rings. The Morgan fingerprint density at radius 2 is 1.68 bits per heavy atom. The molecule has 0 saturated heterocycles. The van der Waals surface area contributed by atoms with Crippen LogP contribution in [0.4, 0.5) is 0 Å². The van der Waals surface area contributed by atoms with E-state index in [1.54, 1.807) is 19.1 Å². The van der Waals surface area contributed by atoms with E-state index in [0.29, 0.717) is 44.4 Å². The van der Waals surface area contributed by atoms with Gasteiger partial charge in [-0.15, -0.1) is 0 Å². The molecule has 0 spiro atoms. The number of phenols is 2. The van der Waals surface area contributed by atoms with E-state index in [0.717, 1.165) is 12.0 Å². The number of phenolic OH excluding ortho intramolecular Hbond substituents is 2. The van der Waals surface area contributed by atoms with Crippen molar-refractivity contribution < 1.29 is 15.0 Å². The second-order valence-corrected chi connectivity index (χ2v) is 11.8. The number of aromatic nitrogens is 3.